The molecule has 0 amide bonds. The van der Waals surface area contributed by atoms with E-state index in [0.717, 1.165) is 25.7 Å². The Labute approximate surface area is 217 Å². The molecule has 0 aromatic heterocycles. The molecular weight excluding hydrogens is 452 g/mol. The second kappa shape index (κ2) is 17.8. The van der Waals surface area contributed by atoms with Crippen molar-refractivity contribution in [3.63, 3.8) is 0 Å². The second-order valence-electron chi connectivity index (χ2n) is 9.57. The van der Waals surface area contributed by atoms with Gasteiger partial charge in [0.1, 0.15) is 0 Å². The van der Waals surface area contributed by atoms with Crippen molar-refractivity contribution in [3.05, 3.63) is 86.5 Å². The van der Waals surface area contributed by atoms with E-state index in [2.05, 4.69) is 133 Å². The van der Waals surface area contributed by atoms with Gasteiger partial charge in [0.2, 0.25) is 0 Å². The number of allylic oxidation sites excluding steroid dienone is 4. The zero-order valence-corrected chi connectivity index (χ0v) is 24.4. The standard InChI is InChI=1S/C12H20.2C9H13.Zr/c1-5-9-11(7-3)12(8-4)10-6-2;2*1-9(2,3)8-6-4-5-7-8;/h5-8H2,1-4H3;2*4-7H,1-3H3;/q-2;;;+4. The molecule has 0 unspecified atom stereocenters. The van der Waals surface area contributed by atoms with Crippen molar-refractivity contribution in [2.45, 2.75) is 94.9 Å². The van der Waals surface area contributed by atoms with Crippen molar-refractivity contribution in [2.75, 3.05) is 0 Å². The first-order valence-electron chi connectivity index (χ1n) is 11.6. The van der Waals surface area contributed by atoms with E-state index in [4.69, 9.17) is 0 Å². The molecule has 0 aliphatic heterocycles. The molecule has 0 aromatic rings. The van der Waals surface area contributed by atoms with Crippen LogP contribution < -0.4 is 0 Å². The molecule has 0 spiro atoms. The molecule has 0 bridgehead atoms. The van der Waals surface area contributed by atoms with Crippen LogP contribution in [0.15, 0.2) is 11.1 Å². The Morgan fingerprint density at radius 3 is 0.968 bits per heavy atom. The molecule has 0 atom stereocenters. The predicted octanol–water partition coefficient (Wildman–Crippen LogP) is 8.96. The fourth-order valence-electron chi connectivity index (χ4n) is 3.06. The predicted molar refractivity (Wildman–Crippen MR) is 134 cm³/mol. The summed E-state index contributed by atoms with van der Waals surface area (Å²) in [6, 6.07) is 0. The minimum Gasteiger partial charge on any atom is -0.373 e. The van der Waals surface area contributed by atoms with Gasteiger partial charge in [-0.15, -0.1) is 25.7 Å². The van der Waals surface area contributed by atoms with Crippen LogP contribution in [-0.4, -0.2) is 0 Å². The molecule has 168 valence electrons. The van der Waals surface area contributed by atoms with Gasteiger partial charge in [-0.2, -0.15) is 0 Å². The monoisotopic (exact) mass is 496 g/mol. The van der Waals surface area contributed by atoms with Crippen LogP contribution in [0.1, 0.15) is 94.9 Å². The van der Waals surface area contributed by atoms with E-state index in [1.165, 1.54) is 23.0 Å². The SMILES string of the molecule is CC(C)(C)[C]1[CH][CH][CH][CH]1.CC(C)(C)[C]1[CH][CH][CH][CH]1.CC[C-]=C(CC)C(=[C-]CC)CC.[Zr+4]. The van der Waals surface area contributed by atoms with Crippen LogP contribution in [0.25, 0.3) is 0 Å². The largest absolute Gasteiger partial charge is 4.00 e. The van der Waals surface area contributed by atoms with Crippen molar-refractivity contribution in [2.24, 2.45) is 10.8 Å². The van der Waals surface area contributed by atoms with Gasteiger partial charge in [0.15, 0.2) is 0 Å². The first-order valence-corrected chi connectivity index (χ1v) is 11.6. The average Bonchev–Trinajstić information content (AvgIpc) is 3.38. The van der Waals surface area contributed by atoms with Crippen LogP contribution in [0.2, 0.25) is 0 Å². The van der Waals surface area contributed by atoms with Gasteiger partial charge in [0, 0.05) is 0 Å². The van der Waals surface area contributed by atoms with E-state index in [0.29, 0.717) is 10.8 Å². The molecule has 0 aromatic carbocycles. The third-order valence-corrected chi connectivity index (χ3v) is 4.91. The van der Waals surface area contributed by atoms with E-state index in [9.17, 15) is 0 Å². The van der Waals surface area contributed by atoms with Crippen molar-refractivity contribution >= 4 is 0 Å². The average molecular weight is 498 g/mol. The Morgan fingerprint density at radius 2 is 0.839 bits per heavy atom. The van der Waals surface area contributed by atoms with Gasteiger partial charge in [0.25, 0.3) is 0 Å². The maximum atomic E-state index is 3.39. The van der Waals surface area contributed by atoms with Crippen molar-refractivity contribution < 1.29 is 26.2 Å². The Kier molecular flexibility index (Phi) is 19.2. The molecule has 2 aliphatic carbocycles. The third kappa shape index (κ3) is 15.0. The molecule has 2 rings (SSSR count). The van der Waals surface area contributed by atoms with E-state index >= 15 is 0 Å². The van der Waals surface area contributed by atoms with E-state index in [-0.39, 0.29) is 26.2 Å². The van der Waals surface area contributed by atoms with Gasteiger partial charge in [-0.3, -0.25) is 0 Å². The third-order valence-electron chi connectivity index (χ3n) is 4.91. The summed E-state index contributed by atoms with van der Waals surface area (Å²) in [7, 11) is 0. The zero-order chi connectivity index (χ0) is 23.2. The molecule has 0 N–H and O–H groups in total. The van der Waals surface area contributed by atoms with Gasteiger partial charge in [-0.25, -0.2) is 0 Å². The summed E-state index contributed by atoms with van der Waals surface area (Å²) in [5.74, 6) is 2.84. The van der Waals surface area contributed by atoms with Crippen LogP contribution in [0.5, 0.6) is 0 Å². The Hall–Kier alpha value is 0.363. The Morgan fingerprint density at radius 1 is 0.581 bits per heavy atom. The summed E-state index contributed by atoms with van der Waals surface area (Å²) >= 11 is 0. The molecule has 0 nitrogen and oxygen atoms in total. The van der Waals surface area contributed by atoms with Gasteiger partial charge >= 0.3 is 26.2 Å². The summed E-state index contributed by atoms with van der Waals surface area (Å²) in [5, 5.41) is 0. The van der Waals surface area contributed by atoms with Gasteiger partial charge in [0.05, 0.1) is 0 Å². The van der Waals surface area contributed by atoms with Crippen LogP contribution in [0.4, 0.5) is 0 Å². The van der Waals surface area contributed by atoms with E-state index in [1.54, 1.807) is 0 Å². The molecule has 2 saturated carbocycles. The fraction of sp³-hybridized carbons (Fsp3) is 0.533. The molecule has 2 aliphatic rings. The first kappa shape index (κ1) is 33.5. The molecule has 1 heteroatoms. The first-order chi connectivity index (χ1) is 14.0. The van der Waals surface area contributed by atoms with Gasteiger partial charge in [-0.1, -0.05) is 69.2 Å². The molecule has 0 heterocycles. The van der Waals surface area contributed by atoms with E-state index in [1.807, 2.05) is 0 Å². The fourth-order valence-corrected chi connectivity index (χ4v) is 3.06. The maximum Gasteiger partial charge on any atom is 4.00 e. The zero-order valence-electron chi connectivity index (χ0n) is 21.9. The van der Waals surface area contributed by atoms with Crippen LogP contribution in [-0.2, 0) is 26.2 Å². The van der Waals surface area contributed by atoms with Crippen molar-refractivity contribution in [1.29, 1.82) is 0 Å². The maximum absolute atomic E-state index is 3.39. The minimum atomic E-state index is 0. The number of rotatable bonds is 5. The molecular formula is C30H46Zr+2. The van der Waals surface area contributed by atoms with Gasteiger partial charge < -0.3 is 23.3 Å². The summed E-state index contributed by atoms with van der Waals surface area (Å²) < 4.78 is 0. The van der Waals surface area contributed by atoms with Crippen LogP contribution >= 0.6 is 0 Å². The molecule has 2 fully saturated rings. The van der Waals surface area contributed by atoms with Crippen LogP contribution in [0, 0.1) is 86.2 Å². The molecule has 10 radical (unpaired) electrons. The number of hydrogen-bond acceptors (Lipinski definition) is 0. The topological polar surface area (TPSA) is 0 Å². The summed E-state index contributed by atoms with van der Waals surface area (Å²) in [5.41, 5.74) is 3.37. The molecule has 0 saturated heterocycles. The normalized spacial score (nSPS) is 18.6. The number of hydrogen-bond donors (Lipinski definition) is 0. The van der Waals surface area contributed by atoms with Crippen LogP contribution in [0.3, 0.4) is 0 Å². The quantitative estimate of drug-likeness (QED) is 0.262. The Bertz CT molecular complexity index is 426. The summed E-state index contributed by atoms with van der Waals surface area (Å²) in [4.78, 5) is 0. The smallest absolute Gasteiger partial charge is 0.373 e. The second-order valence-corrected chi connectivity index (χ2v) is 9.57. The summed E-state index contributed by atoms with van der Waals surface area (Å²) in [6.45, 7) is 22.0. The molecule has 31 heavy (non-hydrogen) atoms. The Balaban J connectivity index is 0. The van der Waals surface area contributed by atoms with Gasteiger partial charge in [-0.05, 0) is 74.0 Å². The minimum absolute atomic E-state index is 0. The van der Waals surface area contributed by atoms with Crippen molar-refractivity contribution in [3.8, 4) is 0 Å². The summed E-state index contributed by atoms with van der Waals surface area (Å²) in [6.07, 6.45) is 28.0. The van der Waals surface area contributed by atoms with Crippen molar-refractivity contribution in [1.82, 2.24) is 0 Å². The van der Waals surface area contributed by atoms with E-state index < -0.39 is 0 Å².